The summed E-state index contributed by atoms with van der Waals surface area (Å²) in [6.45, 7) is 10.8. The van der Waals surface area contributed by atoms with Crippen molar-refractivity contribution in [3.8, 4) is 0 Å². The molecule has 0 aromatic carbocycles. The number of aliphatic carboxylic acids is 3. The van der Waals surface area contributed by atoms with Crippen LogP contribution in [-0.4, -0.2) is 131 Å². The number of hydrogen-bond acceptors (Lipinski definition) is 7. The van der Waals surface area contributed by atoms with Crippen molar-refractivity contribution in [2.24, 2.45) is 0 Å². The van der Waals surface area contributed by atoms with Crippen molar-refractivity contribution in [1.82, 2.24) is 19.6 Å². The molecular formula is C18H36N4O6. The Hall–Kier alpha value is -1.75. The van der Waals surface area contributed by atoms with E-state index in [1.807, 2.05) is 30.6 Å². The Morgan fingerprint density at radius 1 is 0.571 bits per heavy atom. The highest BCUT2D eigenvalue weighted by atomic mass is 16.4. The van der Waals surface area contributed by atoms with E-state index in [2.05, 4.69) is 4.90 Å². The number of rotatable bonds is 7. The van der Waals surface area contributed by atoms with E-state index in [9.17, 15) is 14.4 Å². The summed E-state index contributed by atoms with van der Waals surface area (Å²) in [6, 6.07) is 0. The molecule has 0 aromatic rings. The van der Waals surface area contributed by atoms with E-state index in [0.29, 0.717) is 52.4 Å². The number of likely N-dealkylation sites (N-methyl/N-ethyl adjacent to an activating group) is 1. The molecule has 0 atom stereocenters. The first-order valence-corrected chi connectivity index (χ1v) is 9.85. The fraction of sp³-hybridized carbons (Fsp3) is 0.833. The molecule has 0 unspecified atom stereocenters. The van der Waals surface area contributed by atoms with Crippen molar-refractivity contribution >= 4 is 17.9 Å². The first-order chi connectivity index (χ1) is 13.3. The van der Waals surface area contributed by atoms with Gasteiger partial charge in [-0.1, -0.05) is 20.8 Å². The minimum Gasteiger partial charge on any atom is -0.480 e. The Morgan fingerprint density at radius 2 is 0.786 bits per heavy atom. The first kappa shape index (κ1) is 26.2. The lowest BCUT2D eigenvalue weighted by Crippen LogP contribution is -2.48. The zero-order chi connectivity index (χ0) is 21.5. The SMILES string of the molecule is CC.CCN1CCN(CC(=O)O)CCN(CC(=O)O)CCN(CC(=O)O)CC1. The summed E-state index contributed by atoms with van der Waals surface area (Å²) in [5.74, 6) is -2.76. The van der Waals surface area contributed by atoms with E-state index in [0.717, 1.165) is 6.54 Å². The van der Waals surface area contributed by atoms with E-state index in [1.54, 1.807) is 4.90 Å². The van der Waals surface area contributed by atoms with Gasteiger partial charge in [-0.15, -0.1) is 0 Å². The highest BCUT2D eigenvalue weighted by molar-refractivity contribution is 5.69. The van der Waals surface area contributed by atoms with Gasteiger partial charge in [0.15, 0.2) is 0 Å². The highest BCUT2D eigenvalue weighted by Crippen LogP contribution is 2.01. The van der Waals surface area contributed by atoms with Gasteiger partial charge in [0.05, 0.1) is 19.6 Å². The van der Waals surface area contributed by atoms with Crippen LogP contribution >= 0.6 is 0 Å². The lowest BCUT2D eigenvalue weighted by molar-refractivity contribution is -0.140. The van der Waals surface area contributed by atoms with Crippen LogP contribution in [-0.2, 0) is 14.4 Å². The van der Waals surface area contributed by atoms with Crippen LogP contribution in [0.3, 0.4) is 0 Å². The largest absolute Gasteiger partial charge is 0.480 e. The summed E-state index contributed by atoms with van der Waals surface area (Å²) in [6.07, 6.45) is 0. The van der Waals surface area contributed by atoms with Crippen molar-refractivity contribution in [1.29, 1.82) is 0 Å². The molecule has 1 fully saturated rings. The van der Waals surface area contributed by atoms with E-state index in [4.69, 9.17) is 15.3 Å². The fourth-order valence-electron chi connectivity index (χ4n) is 2.94. The Kier molecular flexibility index (Phi) is 14.3. The third kappa shape index (κ3) is 12.6. The summed E-state index contributed by atoms with van der Waals surface area (Å²) >= 11 is 0. The molecule has 0 radical (unpaired) electrons. The molecule has 164 valence electrons. The second-order valence-corrected chi connectivity index (χ2v) is 6.44. The molecule has 1 aliphatic heterocycles. The topological polar surface area (TPSA) is 125 Å². The van der Waals surface area contributed by atoms with Gasteiger partial charge in [-0.05, 0) is 6.54 Å². The van der Waals surface area contributed by atoms with Crippen LogP contribution < -0.4 is 0 Å². The Labute approximate surface area is 167 Å². The average Bonchev–Trinajstić information content (AvgIpc) is 2.62. The lowest BCUT2D eigenvalue weighted by atomic mass is 10.3. The van der Waals surface area contributed by atoms with Crippen molar-refractivity contribution < 1.29 is 29.7 Å². The van der Waals surface area contributed by atoms with Gasteiger partial charge in [0.25, 0.3) is 0 Å². The Bertz CT molecular complexity index is 445. The molecular weight excluding hydrogens is 368 g/mol. The monoisotopic (exact) mass is 404 g/mol. The van der Waals surface area contributed by atoms with Crippen molar-refractivity contribution in [3.05, 3.63) is 0 Å². The quantitative estimate of drug-likeness (QED) is 0.512. The van der Waals surface area contributed by atoms with Gasteiger partial charge < -0.3 is 20.2 Å². The third-order valence-electron chi connectivity index (χ3n) is 4.45. The van der Waals surface area contributed by atoms with Crippen LogP contribution in [0.4, 0.5) is 0 Å². The number of carboxylic acid groups (broad SMARTS) is 3. The summed E-state index contributed by atoms with van der Waals surface area (Å²) in [5, 5.41) is 27.2. The average molecular weight is 405 g/mol. The highest BCUT2D eigenvalue weighted by Gasteiger charge is 2.19. The van der Waals surface area contributed by atoms with Crippen molar-refractivity contribution in [2.75, 3.05) is 78.5 Å². The van der Waals surface area contributed by atoms with Gasteiger partial charge in [0.1, 0.15) is 0 Å². The molecule has 0 aromatic heterocycles. The Morgan fingerprint density at radius 3 is 0.964 bits per heavy atom. The standard InChI is InChI=1S/C16H30N4O6.C2H6/c1-2-17-3-5-18(11-14(21)22)7-9-20(13-16(25)26)10-8-19(6-4-17)12-15(23)24;1-2/h2-13H2,1H3,(H,21,22)(H,23,24)(H,25,26);1-2H3. The molecule has 1 rings (SSSR count). The van der Waals surface area contributed by atoms with Crippen LogP contribution in [0.2, 0.25) is 0 Å². The molecule has 0 aliphatic carbocycles. The second kappa shape index (κ2) is 15.2. The maximum atomic E-state index is 11.1. The molecule has 3 N–H and O–H groups in total. The summed E-state index contributed by atoms with van der Waals surface area (Å²) in [5.41, 5.74) is 0. The maximum Gasteiger partial charge on any atom is 0.317 e. The van der Waals surface area contributed by atoms with Crippen LogP contribution in [0, 0.1) is 0 Å². The predicted octanol–water partition coefficient (Wildman–Crippen LogP) is -0.492. The Balaban J connectivity index is 0.00000352. The van der Waals surface area contributed by atoms with Gasteiger partial charge >= 0.3 is 17.9 Å². The molecule has 10 heteroatoms. The molecule has 1 aliphatic rings. The van der Waals surface area contributed by atoms with Gasteiger partial charge in [-0.2, -0.15) is 0 Å². The number of carbonyl (C=O) groups is 3. The zero-order valence-electron chi connectivity index (χ0n) is 17.3. The molecule has 0 spiro atoms. The molecule has 28 heavy (non-hydrogen) atoms. The fourth-order valence-corrected chi connectivity index (χ4v) is 2.94. The first-order valence-electron chi connectivity index (χ1n) is 9.85. The summed E-state index contributed by atoms with van der Waals surface area (Å²) in [7, 11) is 0. The predicted molar refractivity (Wildman–Crippen MR) is 106 cm³/mol. The van der Waals surface area contributed by atoms with E-state index < -0.39 is 17.9 Å². The van der Waals surface area contributed by atoms with Crippen LogP contribution in [0.15, 0.2) is 0 Å². The van der Waals surface area contributed by atoms with Crippen LogP contribution in [0.1, 0.15) is 20.8 Å². The van der Waals surface area contributed by atoms with E-state index in [-0.39, 0.29) is 19.6 Å². The smallest absolute Gasteiger partial charge is 0.317 e. The zero-order valence-corrected chi connectivity index (χ0v) is 17.3. The molecule has 0 bridgehead atoms. The lowest BCUT2D eigenvalue weighted by Gasteiger charge is -2.32. The molecule has 1 saturated heterocycles. The molecule has 0 saturated carbocycles. The normalized spacial score (nSPS) is 19.0. The van der Waals surface area contributed by atoms with Gasteiger partial charge in [-0.3, -0.25) is 29.1 Å². The third-order valence-corrected chi connectivity index (χ3v) is 4.45. The van der Waals surface area contributed by atoms with E-state index in [1.165, 1.54) is 0 Å². The van der Waals surface area contributed by atoms with Crippen LogP contribution in [0.5, 0.6) is 0 Å². The second-order valence-electron chi connectivity index (χ2n) is 6.44. The summed E-state index contributed by atoms with van der Waals surface area (Å²) in [4.78, 5) is 40.8. The van der Waals surface area contributed by atoms with Crippen molar-refractivity contribution in [2.45, 2.75) is 20.8 Å². The molecule has 0 amide bonds. The summed E-state index contributed by atoms with van der Waals surface area (Å²) < 4.78 is 0. The number of carboxylic acids is 3. The number of hydrogen-bond donors (Lipinski definition) is 3. The number of nitrogens with zero attached hydrogens (tertiary/aromatic N) is 4. The minimum absolute atomic E-state index is 0.0798. The molecule has 10 nitrogen and oxygen atoms in total. The van der Waals surface area contributed by atoms with Crippen molar-refractivity contribution in [3.63, 3.8) is 0 Å². The van der Waals surface area contributed by atoms with Gasteiger partial charge in [0, 0.05) is 52.4 Å². The minimum atomic E-state index is -0.955. The maximum absolute atomic E-state index is 11.1. The molecule has 1 heterocycles. The van der Waals surface area contributed by atoms with Gasteiger partial charge in [-0.25, -0.2) is 0 Å². The van der Waals surface area contributed by atoms with Crippen LogP contribution in [0.25, 0.3) is 0 Å². The van der Waals surface area contributed by atoms with Gasteiger partial charge in [0.2, 0.25) is 0 Å². The van der Waals surface area contributed by atoms with E-state index >= 15 is 0 Å².